The molecular weight excluding hydrogens is 392 g/mol. The van der Waals surface area contributed by atoms with Crippen LogP contribution in [0.1, 0.15) is 17.3 Å². The number of fused-ring (bicyclic) bond motifs is 1. The van der Waals surface area contributed by atoms with E-state index in [2.05, 4.69) is 9.71 Å². The summed E-state index contributed by atoms with van der Waals surface area (Å²) < 4.78 is 32.9. The van der Waals surface area contributed by atoms with Crippen LogP contribution in [0.4, 0.5) is 11.4 Å². The molecule has 1 aliphatic rings. The van der Waals surface area contributed by atoms with Crippen LogP contribution in [0.5, 0.6) is 0 Å². The number of benzene rings is 2. The third-order valence-electron chi connectivity index (χ3n) is 4.57. The van der Waals surface area contributed by atoms with E-state index in [4.69, 9.17) is 10.2 Å². The fourth-order valence-corrected chi connectivity index (χ4v) is 4.05. The van der Waals surface area contributed by atoms with Crippen LogP contribution in [0.2, 0.25) is 0 Å². The van der Waals surface area contributed by atoms with Crippen molar-refractivity contribution in [2.45, 2.75) is 11.8 Å². The number of carbonyl (C=O) groups excluding carboxylic acids is 1. The van der Waals surface area contributed by atoms with Crippen LogP contribution in [-0.2, 0) is 10.0 Å². The molecule has 0 bridgehead atoms. The number of carbonyl (C=O) groups is 1. The van der Waals surface area contributed by atoms with Gasteiger partial charge in [0.05, 0.1) is 16.4 Å². The quantitative estimate of drug-likeness (QED) is 0.614. The molecule has 3 aromatic rings. The third-order valence-corrected chi connectivity index (χ3v) is 5.97. The van der Waals surface area contributed by atoms with Crippen LogP contribution in [-0.4, -0.2) is 20.9 Å². The maximum atomic E-state index is 12.6. The van der Waals surface area contributed by atoms with Crippen molar-refractivity contribution in [2.75, 3.05) is 16.3 Å². The summed E-state index contributed by atoms with van der Waals surface area (Å²) in [4.78, 5) is 17.5. The van der Waals surface area contributed by atoms with Crippen LogP contribution in [0.25, 0.3) is 5.82 Å². The minimum atomic E-state index is -3.77. The summed E-state index contributed by atoms with van der Waals surface area (Å²) in [6, 6.07) is 14.3. The zero-order valence-corrected chi connectivity index (χ0v) is 16.3. The van der Waals surface area contributed by atoms with Crippen LogP contribution in [0.15, 0.2) is 75.2 Å². The molecule has 0 saturated heterocycles. The van der Waals surface area contributed by atoms with Gasteiger partial charge in [-0.15, -0.1) is 0 Å². The summed E-state index contributed by atoms with van der Waals surface area (Å²) in [6.07, 6.45) is 1.53. The Balaban J connectivity index is 1.55. The largest absolute Gasteiger partial charge is 0.446 e. The number of hydrogen-bond donors (Lipinski definition) is 2. The predicted molar refractivity (Wildman–Crippen MR) is 108 cm³/mol. The Morgan fingerprint density at radius 2 is 1.79 bits per heavy atom. The lowest BCUT2D eigenvalue weighted by molar-refractivity contribution is 0.101. The Bertz CT molecular complexity index is 1290. The molecule has 0 aliphatic carbocycles. The third kappa shape index (κ3) is 3.59. The van der Waals surface area contributed by atoms with E-state index in [-0.39, 0.29) is 10.7 Å². The van der Waals surface area contributed by atoms with Gasteiger partial charge in [0.15, 0.2) is 5.78 Å². The number of nitrogens with zero attached hydrogens (tertiary/aromatic N) is 2. The zero-order valence-electron chi connectivity index (χ0n) is 15.5. The number of rotatable bonds is 5. The lowest BCUT2D eigenvalue weighted by Crippen LogP contribution is -2.42. The van der Waals surface area contributed by atoms with Gasteiger partial charge in [0.25, 0.3) is 10.0 Å². The molecule has 2 aromatic carbocycles. The van der Waals surface area contributed by atoms with Gasteiger partial charge in [-0.2, -0.15) is 0 Å². The van der Waals surface area contributed by atoms with Gasteiger partial charge in [-0.3, -0.25) is 9.52 Å². The van der Waals surface area contributed by atoms with E-state index >= 15 is 0 Å². The van der Waals surface area contributed by atoms with Crippen LogP contribution in [0, 0.1) is 0 Å². The van der Waals surface area contributed by atoms with Crippen molar-refractivity contribution >= 4 is 33.0 Å². The number of furan rings is 1. The Kier molecular flexibility index (Phi) is 4.59. The monoisotopic (exact) mass is 410 g/mol. The molecular formula is C20H18N4O4S. The van der Waals surface area contributed by atoms with Crippen molar-refractivity contribution in [3.8, 4) is 0 Å². The van der Waals surface area contributed by atoms with E-state index in [1.807, 2.05) is 0 Å². The molecule has 1 aliphatic heterocycles. The predicted octanol–water partition coefficient (Wildman–Crippen LogP) is 1.40. The summed E-state index contributed by atoms with van der Waals surface area (Å²) in [5, 5.41) is 0.718. The molecule has 0 fully saturated rings. The van der Waals surface area contributed by atoms with E-state index in [9.17, 15) is 13.2 Å². The van der Waals surface area contributed by atoms with Crippen molar-refractivity contribution in [1.29, 1.82) is 0 Å². The van der Waals surface area contributed by atoms with Gasteiger partial charge in [-0.05, 0) is 49.4 Å². The molecule has 29 heavy (non-hydrogen) atoms. The highest BCUT2D eigenvalue weighted by Gasteiger charge is 2.17. The summed E-state index contributed by atoms with van der Waals surface area (Å²) in [5.74, 6) is 0.392. The molecule has 8 nitrogen and oxygen atoms in total. The Hall–Kier alpha value is -3.59. The highest BCUT2D eigenvalue weighted by molar-refractivity contribution is 7.92. The second kappa shape index (κ2) is 7.10. The van der Waals surface area contributed by atoms with Crippen molar-refractivity contribution in [3.05, 3.63) is 77.2 Å². The molecule has 0 radical (unpaired) electrons. The lowest BCUT2D eigenvalue weighted by Gasteiger charge is -2.24. The van der Waals surface area contributed by atoms with E-state index in [1.54, 1.807) is 35.2 Å². The van der Waals surface area contributed by atoms with Crippen LogP contribution >= 0.6 is 0 Å². The second-order valence-corrected chi connectivity index (χ2v) is 8.17. The minimum absolute atomic E-state index is 0.0754. The first kappa shape index (κ1) is 18.8. The molecule has 0 amide bonds. The summed E-state index contributed by atoms with van der Waals surface area (Å²) in [5.41, 5.74) is 8.33. The van der Waals surface area contributed by atoms with Gasteiger partial charge < -0.3 is 15.1 Å². The number of nitrogens with one attached hydrogen (secondary N) is 1. The van der Waals surface area contributed by atoms with Crippen molar-refractivity contribution in [3.63, 3.8) is 0 Å². The maximum absolute atomic E-state index is 12.6. The SMILES string of the molecule is CC(=O)c1ccc(S(=O)(=O)Nc2ccc(N3CN=c4occc4=C3N)cc2)cc1. The van der Waals surface area contributed by atoms with Crippen LogP contribution in [0.3, 0.4) is 0 Å². The summed E-state index contributed by atoms with van der Waals surface area (Å²) in [6.45, 7) is 1.73. The Morgan fingerprint density at radius 1 is 1.10 bits per heavy atom. The van der Waals surface area contributed by atoms with Gasteiger partial charge in [-0.25, -0.2) is 13.4 Å². The first-order chi connectivity index (χ1) is 13.8. The molecule has 4 rings (SSSR count). The minimum Gasteiger partial charge on any atom is -0.446 e. The van der Waals surface area contributed by atoms with Crippen LogP contribution < -0.4 is 26.1 Å². The van der Waals surface area contributed by atoms with Gasteiger partial charge in [-0.1, -0.05) is 12.1 Å². The average molecular weight is 410 g/mol. The van der Waals surface area contributed by atoms with Gasteiger partial charge in [0.1, 0.15) is 12.5 Å². The first-order valence-electron chi connectivity index (χ1n) is 8.74. The van der Waals surface area contributed by atoms with Gasteiger partial charge >= 0.3 is 0 Å². The number of anilines is 2. The first-order valence-corrected chi connectivity index (χ1v) is 10.2. The van der Waals surface area contributed by atoms with E-state index in [1.165, 1.54) is 37.5 Å². The van der Waals surface area contributed by atoms with E-state index in [0.29, 0.717) is 29.3 Å². The van der Waals surface area contributed by atoms with Crippen molar-refractivity contribution < 1.29 is 17.6 Å². The highest BCUT2D eigenvalue weighted by Crippen LogP contribution is 2.23. The zero-order chi connectivity index (χ0) is 20.6. The van der Waals surface area contributed by atoms with Crippen molar-refractivity contribution in [1.82, 2.24) is 0 Å². The lowest BCUT2D eigenvalue weighted by atomic mass is 10.2. The second-order valence-electron chi connectivity index (χ2n) is 6.49. The van der Waals surface area contributed by atoms with Gasteiger partial charge in [0, 0.05) is 16.9 Å². The molecule has 0 spiro atoms. The summed E-state index contributed by atoms with van der Waals surface area (Å²) in [7, 11) is -3.77. The smallest absolute Gasteiger partial charge is 0.261 e. The average Bonchev–Trinajstić information content (AvgIpc) is 3.19. The summed E-state index contributed by atoms with van der Waals surface area (Å²) >= 11 is 0. The van der Waals surface area contributed by atoms with E-state index < -0.39 is 10.0 Å². The number of hydrogen-bond acceptors (Lipinski definition) is 7. The molecule has 148 valence electrons. The fourth-order valence-electron chi connectivity index (χ4n) is 2.99. The number of nitrogens with two attached hydrogens (primary N) is 1. The molecule has 9 heteroatoms. The molecule has 2 heterocycles. The molecule has 3 N–H and O–H groups in total. The Morgan fingerprint density at radius 3 is 2.45 bits per heavy atom. The molecule has 0 saturated carbocycles. The highest BCUT2D eigenvalue weighted by atomic mass is 32.2. The number of sulfonamides is 1. The topological polar surface area (TPSA) is 118 Å². The standard InChI is InChI=1S/C20H18N4O4S/c1-13(25)14-2-8-17(9-3-14)29(26,27)23-15-4-6-16(7-5-15)24-12-22-20-18(19(24)21)10-11-28-20/h2-11,23H,12,21H2,1H3. The van der Waals surface area contributed by atoms with Crippen molar-refractivity contribution in [2.24, 2.45) is 10.7 Å². The number of ketones is 1. The number of Topliss-reactive ketones (excluding diaryl/α,β-unsaturated/α-hetero) is 1. The van der Waals surface area contributed by atoms with E-state index in [0.717, 1.165) is 10.9 Å². The Labute approximate surface area is 167 Å². The fraction of sp³-hybridized carbons (Fsp3) is 0.100. The maximum Gasteiger partial charge on any atom is 0.261 e. The normalized spacial score (nSPS) is 13.6. The molecule has 0 unspecified atom stereocenters. The molecule has 0 atom stereocenters. The van der Waals surface area contributed by atoms with Gasteiger partial charge in [0.2, 0.25) is 5.55 Å². The molecule has 1 aromatic heterocycles.